The minimum atomic E-state index is -0.377. The van der Waals surface area contributed by atoms with Crippen molar-refractivity contribution in [2.45, 2.75) is 6.92 Å². The summed E-state index contributed by atoms with van der Waals surface area (Å²) in [4.78, 5) is 25.6. The van der Waals surface area contributed by atoms with Crippen LogP contribution in [0.3, 0.4) is 0 Å². The second-order valence-corrected chi connectivity index (χ2v) is 6.38. The van der Waals surface area contributed by atoms with Gasteiger partial charge < -0.3 is 0 Å². The lowest BCUT2D eigenvalue weighted by Crippen LogP contribution is -2.17. The van der Waals surface area contributed by atoms with E-state index in [0.29, 0.717) is 22.3 Å². The molecule has 136 valence electrons. The average molecular weight is 387 g/mol. The Balaban J connectivity index is 1.52. The Labute approximate surface area is 164 Å². The van der Waals surface area contributed by atoms with Crippen molar-refractivity contribution in [2.75, 3.05) is 5.32 Å². The number of aromatic nitrogens is 6. The summed E-state index contributed by atoms with van der Waals surface area (Å²) >= 11 is 1.31. The van der Waals surface area contributed by atoms with Crippen LogP contribution in [0, 0.1) is 11.8 Å². The van der Waals surface area contributed by atoms with Gasteiger partial charge in [0.2, 0.25) is 0 Å². The Hall–Kier alpha value is -3.90. The van der Waals surface area contributed by atoms with E-state index in [4.69, 9.17) is 0 Å². The van der Waals surface area contributed by atoms with Crippen LogP contribution in [-0.4, -0.2) is 35.9 Å². The molecular formula is C19H13N7OS. The second kappa shape index (κ2) is 7.77. The van der Waals surface area contributed by atoms with Gasteiger partial charge in [0, 0.05) is 23.3 Å². The average Bonchev–Trinajstić information content (AvgIpc) is 3.39. The van der Waals surface area contributed by atoms with E-state index in [2.05, 4.69) is 42.4 Å². The van der Waals surface area contributed by atoms with Gasteiger partial charge in [0.1, 0.15) is 5.69 Å². The van der Waals surface area contributed by atoms with Crippen molar-refractivity contribution in [2.24, 2.45) is 0 Å². The van der Waals surface area contributed by atoms with Crippen LogP contribution in [-0.2, 0) is 0 Å². The van der Waals surface area contributed by atoms with E-state index in [9.17, 15) is 4.79 Å². The molecule has 0 saturated heterocycles. The highest BCUT2D eigenvalue weighted by atomic mass is 32.1. The number of nitrogens with one attached hydrogen (secondary N) is 1. The summed E-state index contributed by atoms with van der Waals surface area (Å²) < 4.78 is 1.37. The first-order valence-electron chi connectivity index (χ1n) is 8.23. The molecule has 0 atom stereocenters. The number of anilines is 1. The molecule has 0 aromatic carbocycles. The fourth-order valence-corrected chi connectivity index (χ4v) is 3.11. The van der Waals surface area contributed by atoms with Crippen molar-refractivity contribution in [1.82, 2.24) is 29.9 Å². The van der Waals surface area contributed by atoms with E-state index in [0.717, 1.165) is 5.56 Å². The number of hydrogen-bond acceptors (Lipinski definition) is 7. The summed E-state index contributed by atoms with van der Waals surface area (Å²) in [5.74, 6) is 5.90. The highest BCUT2D eigenvalue weighted by molar-refractivity contribution is 7.14. The summed E-state index contributed by atoms with van der Waals surface area (Å²) in [5, 5.41) is 12.8. The van der Waals surface area contributed by atoms with Crippen LogP contribution in [0.25, 0.3) is 17.2 Å². The number of rotatable bonds is 4. The maximum atomic E-state index is 12.6. The molecule has 0 radical (unpaired) electrons. The van der Waals surface area contributed by atoms with Crippen LogP contribution >= 0.6 is 11.3 Å². The van der Waals surface area contributed by atoms with Gasteiger partial charge in [0.15, 0.2) is 16.6 Å². The molecule has 9 heteroatoms. The van der Waals surface area contributed by atoms with E-state index in [1.54, 1.807) is 31.5 Å². The van der Waals surface area contributed by atoms with Crippen LogP contribution in [0.1, 0.15) is 23.0 Å². The molecular weight excluding hydrogens is 374 g/mol. The number of carbonyl (C=O) groups is 1. The predicted molar refractivity (Wildman–Crippen MR) is 105 cm³/mol. The number of pyridine rings is 2. The summed E-state index contributed by atoms with van der Waals surface area (Å²) in [7, 11) is 0. The minimum Gasteiger partial charge on any atom is -0.296 e. The Morgan fingerprint density at radius 2 is 2.07 bits per heavy atom. The van der Waals surface area contributed by atoms with E-state index in [-0.39, 0.29) is 11.6 Å². The molecule has 0 aliphatic rings. The molecule has 0 fully saturated rings. The molecule has 4 heterocycles. The summed E-state index contributed by atoms with van der Waals surface area (Å²) in [6.07, 6.45) is 4.70. The molecule has 1 amide bonds. The largest absolute Gasteiger partial charge is 0.296 e. The van der Waals surface area contributed by atoms with Crippen molar-refractivity contribution in [1.29, 1.82) is 0 Å². The van der Waals surface area contributed by atoms with Gasteiger partial charge in [-0.3, -0.25) is 15.1 Å². The first-order valence-corrected chi connectivity index (χ1v) is 9.11. The van der Waals surface area contributed by atoms with Crippen molar-refractivity contribution in [3.05, 3.63) is 65.6 Å². The maximum Gasteiger partial charge on any atom is 0.277 e. The number of carbonyl (C=O) groups excluding carboxylic acids is 1. The monoisotopic (exact) mass is 387 g/mol. The number of thiazole rings is 1. The van der Waals surface area contributed by atoms with Crippen LogP contribution in [0.4, 0.5) is 5.13 Å². The molecule has 0 aliphatic heterocycles. The Morgan fingerprint density at radius 1 is 1.14 bits per heavy atom. The quantitative estimate of drug-likeness (QED) is 0.541. The zero-order valence-corrected chi connectivity index (χ0v) is 15.5. The molecule has 0 unspecified atom stereocenters. The Bertz CT molecular complexity index is 1170. The zero-order valence-electron chi connectivity index (χ0n) is 14.7. The molecule has 4 aromatic rings. The van der Waals surface area contributed by atoms with Crippen molar-refractivity contribution in [3.63, 3.8) is 0 Å². The number of nitrogens with zero attached hydrogens (tertiary/aromatic N) is 6. The van der Waals surface area contributed by atoms with E-state index >= 15 is 0 Å². The predicted octanol–water partition coefficient (Wildman–Crippen LogP) is 2.80. The summed E-state index contributed by atoms with van der Waals surface area (Å²) in [6.45, 7) is 1.78. The Morgan fingerprint density at radius 3 is 2.82 bits per heavy atom. The lowest BCUT2D eigenvalue weighted by molar-refractivity contribution is 0.101. The molecule has 4 rings (SSSR count). The normalized spacial score (nSPS) is 10.2. The van der Waals surface area contributed by atoms with E-state index in [1.807, 2.05) is 23.6 Å². The number of hydrogen-bond donors (Lipinski definition) is 1. The van der Waals surface area contributed by atoms with Gasteiger partial charge in [-0.2, -0.15) is 4.68 Å². The van der Waals surface area contributed by atoms with Gasteiger partial charge >= 0.3 is 0 Å². The third kappa shape index (κ3) is 3.62. The lowest BCUT2D eigenvalue weighted by Gasteiger charge is -2.04. The third-order valence-corrected chi connectivity index (χ3v) is 4.43. The van der Waals surface area contributed by atoms with Crippen LogP contribution in [0.2, 0.25) is 0 Å². The second-order valence-electron chi connectivity index (χ2n) is 5.52. The van der Waals surface area contributed by atoms with Gasteiger partial charge in [-0.05, 0) is 31.2 Å². The molecule has 8 nitrogen and oxygen atoms in total. The first-order chi connectivity index (χ1) is 13.7. The van der Waals surface area contributed by atoms with Gasteiger partial charge in [-0.15, -0.1) is 22.4 Å². The van der Waals surface area contributed by atoms with Crippen molar-refractivity contribution in [3.8, 4) is 29.0 Å². The zero-order chi connectivity index (χ0) is 19.3. The van der Waals surface area contributed by atoms with Gasteiger partial charge in [0.25, 0.3) is 5.91 Å². The SMILES string of the molecule is CC#Cc1ccc(-c2csc(NC(=O)c3cnnn3-c3ccccn3)n2)nc1. The van der Waals surface area contributed by atoms with Crippen LogP contribution < -0.4 is 5.32 Å². The molecule has 0 saturated carbocycles. The molecule has 0 spiro atoms. The van der Waals surface area contributed by atoms with Gasteiger partial charge in [0.05, 0.1) is 11.9 Å². The summed E-state index contributed by atoms with van der Waals surface area (Å²) in [5.41, 5.74) is 2.48. The van der Waals surface area contributed by atoms with Crippen LogP contribution in [0.15, 0.2) is 54.3 Å². The third-order valence-electron chi connectivity index (χ3n) is 3.67. The molecule has 0 aliphatic carbocycles. The van der Waals surface area contributed by atoms with Crippen LogP contribution in [0.5, 0.6) is 0 Å². The van der Waals surface area contributed by atoms with E-state index < -0.39 is 0 Å². The van der Waals surface area contributed by atoms with Crippen molar-refractivity contribution >= 4 is 22.4 Å². The molecule has 28 heavy (non-hydrogen) atoms. The standard InChI is InChI=1S/C19H13N7OS/c1-2-5-13-7-8-14(21-10-13)15-12-28-19(23-15)24-18(27)16-11-22-25-26(16)17-6-3-4-9-20-17/h3-4,6-12H,1H3,(H,23,24,27). The summed E-state index contributed by atoms with van der Waals surface area (Å²) in [6, 6.07) is 9.06. The Kier molecular flexibility index (Phi) is 4.86. The smallest absolute Gasteiger partial charge is 0.277 e. The fourth-order valence-electron chi connectivity index (χ4n) is 2.41. The van der Waals surface area contributed by atoms with Crippen molar-refractivity contribution < 1.29 is 4.79 Å². The highest BCUT2D eigenvalue weighted by Gasteiger charge is 2.17. The fraction of sp³-hybridized carbons (Fsp3) is 0.0526. The minimum absolute atomic E-state index is 0.260. The topological polar surface area (TPSA) is 98.5 Å². The first kappa shape index (κ1) is 17.5. The molecule has 1 N–H and O–H groups in total. The maximum absolute atomic E-state index is 12.6. The van der Waals surface area contributed by atoms with Gasteiger partial charge in [-0.25, -0.2) is 9.97 Å². The van der Waals surface area contributed by atoms with Gasteiger partial charge in [-0.1, -0.05) is 17.2 Å². The highest BCUT2D eigenvalue weighted by Crippen LogP contribution is 2.24. The number of amides is 1. The molecule has 4 aromatic heterocycles. The van der Waals surface area contributed by atoms with E-state index in [1.165, 1.54) is 22.2 Å². The molecule has 0 bridgehead atoms. The lowest BCUT2D eigenvalue weighted by atomic mass is 10.2.